The van der Waals surface area contributed by atoms with Gasteiger partial charge in [0, 0.05) is 18.9 Å². The number of fused-ring (bicyclic) bond motifs is 5. The van der Waals surface area contributed by atoms with Crippen molar-refractivity contribution in [2.24, 2.45) is 35.0 Å². The highest BCUT2D eigenvalue weighted by atomic mass is 16.3. The molecule has 0 saturated heterocycles. The van der Waals surface area contributed by atoms with E-state index < -0.39 is 0 Å². The molecule has 0 heterocycles. The Kier molecular flexibility index (Phi) is 3.71. The van der Waals surface area contributed by atoms with Gasteiger partial charge in [-0.1, -0.05) is 18.6 Å². The van der Waals surface area contributed by atoms with Crippen LogP contribution in [0.25, 0.3) is 0 Å². The SMILES string of the molecule is C[C@]12CC[C@@H]3[C@H]4C(=O)CCC=C4CC[C@H]3[C@@H]1CC[C@@H]2CCO. The van der Waals surface area contributed by atoms with E-state index in [0.29, 0.717) is 29.6 Å². The zero-order valence-corrected chi connectivity index (χ0v) is 13.9. The normalized spacial score (nSPS) is 47.5. The van der Waals surface area contributed by atoms with Crippen LogP contribution in [0.1, 0.15) is 64.7 Å². The Hall–Kier alpha value is -0.630. The summed E-state index contributed by atoms with van der Waals surface area (Å²) in [5.74, 6) is 3.75. The van der Waals surface area contributed by atoms with Gasteiger partial charge in [0.15, 0.2) is 0 Å². The molecule has 3 saturated carbocycles. The van der Waals surface area contributed by atoms with Gasteiger partial charge in [0.25, 0.3) is 0 Å². The average molecular weight is 302 g/mol. The van der Waals surface area contributed by atoms with Crippen LogP contribution in [0.4, 0.5) is 0 Å². The third kappa shape index (κ3) is 2.06. The summed E-state index contributed by atoms with van der Waals surface area (Å²) in [5.41, 5.74) is 1.93. The smallest absolute Gasteiger partial charge is 0.140 e. The predicted octanol–water partition coefficient (Wildman–Crippen LogP) is 4.13. The first kappa shape index (κ1) is 14.9. The topological polar surface area (TPSA) is 37.3 Å². The number of rotatable bonds is 2. The summed E-state index contributed by atoms with van der Waals surface area (Å²) in [7, 11) is 0. The van der Waals surface area contributed by atoms with Gasteiger partial charge in [-0.3, -0.25) is 4.79 Å². The van der Waals surface area contributed by atoms with E-state index in [0.717, 1.165) is 31.1 Å². The summed E-state index contributed by atoms with van der Waals surface area (Å²) in [4.78, 5) is 12.5. The number of aliphatic hydroxyl groups is 1. The molecule has 3 fully saturated rings. The van der Waals surface area contributed by atoms with Gasteiger partial charge in [-0.25, -0.2) is 0 Å². The van der Waals surface area contributed by atoms with Crippen LogP contribution in [0.15, 0.2) is 11.6 Å². The van der Waals surface area contributed by atoms with E-state index in [9.17, 15) is 9.90 Å². The lowest BCUT2D eigenvalue weighted by Gasteiger charge is -2.53. The Balaban J connectivity index is 1.61. The Bertz CT molecular complexity index is 494. The molecule has 0 spiro atoms. The molecule has 0 aromatic heterocycles. The van der Waals surface area contributed by atoms with Crippen molar-refractivity contribution in [3.05, 3.63) is 11.6 Å². The van der Waals surface area contributed by atoms with Crippen molar-refractivity contribution < 1.29 is 9.90 Å². The number of aliphatic hydroxyl groups excluding tert-OH is 1. The van der Waals surface area contributed by atoms with Crippen LogP contribution in [0, 0.1) is 35.0 Å². The third-order valence-electron chi connectivity index (χ3n) is 7.90. The van der Waals surface area contributed by atoms with Crippen molar-refractivity contribution in [3.63, 3.8) is 0 Å². The first-order chi connectivity index (χ1) is 10.6. The number of carbonyl (C=O) groups excluding carboxylic acids is 1. The zero-order chi connectivity index (χ0) is 15.3. The molecule has 4 aliphatic carbocycles. The van der Waals surface area contributed by atoms with E-state index in [1.54, 1.807) is 0 Å². The number of carbonyl (C=O) groups is 1. The second-order valence-corrected chi connectivity index (χ2v) is 8.57. The molecule has 0 radical (unpaired) electrons. The lowest BCUT2D eigenvalue weighted by Crippen LogP contribution is -2.48. The Labute approximate surface area is 134 Å². The van der Waals surface area contributed by atoms with Crippen LogP contribution in [0.3, 0.4) is 0 Å². The van der Waals surface area contributed by atoms with E-state index in [1.807, 2.05) is 0 Å². The first-order valence-corrected chi connectivity index (χ1v) is 9.47. The highest BCUT2D eigenvalue weighted by molar-refractivity contribution is 5.85. The van der Waals surface area contributed by atoms with Crippen LogP contribution in [0.5, 0.6) is 0 Å². The van der Waals surface area contributed by atoms with Gasteiger partial charge in [-0.2, -0.15) is 0 Å². The molecule has 0 aromatic carbocycles. The zero-order valence-electron chi connectivity index (χ0n) is 13.9. The van der Waals surface area contributed by atoms with Crippen LogP contribution >= 0.6 is 0 Å². The van der Waals surface area contributed by atoms with Gasteiger partial charge in [0.2, 0.25) is 0 Å². The van der Waals surface area contributed by atoms with Gasteiger partial charge in [0.1, 0.15) is 5.78 Å². The highest BCUT2D eigenvalue weighted by Crippen LogP contribution is 2.63. The molecule has 4 aliphatic rings. The minimum absolute atomic E-state index is 0.286. The fourth-order valence-corrected chi connectivity index (χ4v) is 6.88. The van der Waals surface area contributed by atoms with Crippen LogP contribution in [0.2, 0.25) is 0 Å². The van der Waals surface area contributed by atoms with Crippen molar-refractivity contribution in [2.75, 3.05) is 6.61 Å². The summed E-state index contributed by atoms with van der Waals surface area (Å²) >= 11 is 0. The quantitative estimate of drug-likeness (QED) is 0.779. The van der Waals surface area contributed by atoms with Crippen molar-refractivity contribution in [1.82, 2.24) is 0 Å². The van der Waals surface area contributed by atoms with Crippen LogP contribution < -0.4 is 0 Å². The molecule has 122 valence electrons. The van der Waals surface area contributed by atoms with E-state index in [2.05, 4.69) is 13.0 Å². The molecule has 2 nitrogen and oxygen atoms in total. The lowest BCUT2D eigenvalue weighted by atomic mass is 9.51. The van der Waals surface area contributed by atoms with Gasteiger partial charge in [-0.15, -0.1) is 0 Å². The molecule has 0 amide bonds. The van der Waals surface area contributed by atoms with Crippen LogP contribution in [-0.2, 0) is 4.79 Å². The standard InChI is InChI=1S/C20H30O2/c1-20-11-9-16-15(17(20)8-6-14(20)10-12-21)7-5-13-3-2-4-18(22)19(13)16/h3,14-17,19,21H,2,4-12H2,1H3/t14-,15-,16+,17+,19+,20-/m1/s1. The Morgan fingerprint density at radius 3 is 2.86 bits per heavy atom. The number of ketones is 1. The molecule has 0 unspecified atom stereocenters. The largest absolute Gasteiger partial charge is 0.396 e. The van der Waals surface area contributed by atoms with E-state index in [4.69, 9.17) is 0 Å². The molecule has 0 bridgehead atoms. The second-order valence-electron chi connectivity index (χ2n) is 8.57. The minimum Gasteiger partial charge on any atom is -0.396 e. The summed E-state index contributed by atoms with van der Waals surface area (Å²) < 4.78 is 0. The molecule has 2 heteroatoms. The highest BCUT2D eigenvalue weighted by Gasteiger charge is 2.56. The molecular formula is C20H30O2. The Morgan fingerprint density at radius 1 is 1.18 bits per heavy atom. The molecule has 0 aliphatic heterocycles. The predicted molar refractivity (Wildman–Crippen MR) is 87.3 cm³/mol. The summed E-state index contributed by atoms with van der Waals surface area (Å²) in [6, 6.07) is 0. The average Bonchev–Trinajstić information content (AvgIpc) is 2.85. The number of hydrogen-bond donors (Lipinski definition) is 1. The Morgan fingerprint density at radius 2 is 2.05 bits per heavy atom. The maximum Gasteiger partial charge on any atom is 0.140 e. The van der Waals surface area contributed by atoms with Crippen molar-refractivity contribution in [2.45, 2.75) is 64.7 Å². The van der Waals surface area contributed by atoms with E-state index in [1.165, 1.54) is 44.1 Å². The van der Waals surface area contributed by atoms with Crippen molar-refractivity contribution in [1.29, 1.82) is 0 Å². The van der Waals surface area contributed by atoms with Crippen molar-refractivity contribution in [3.8, 4) is 0 Å². The van der Waals surface area contributed by atoms with Crippen LogP contribution in [-0.4, -0.2) is 17.5 Å². The maximum absolute atomic E-state index is 12.5. The monoisotopic (exact) mass is 302 g/mol. The number of Topliss-reactive ketones (excluding diaryl/α,β-unsaturated/α-hetero) is 1. The van der Waals surface area contributed by atoms with Gasteiger partial charge in [-0.05, 0) is 80.5 Å². The minimum atomic E-state index is 0.286. The molecular weight excluding hydrogens is 272 g/mol. The fourth-order valence-electron chi connectivity index (χ4n) is 6.88. The molecule has 4 rings (SSSR count). The van der Waals surface area contributed by atoms with Gasteiger partial charge < -0.3 is 5.11 Å². The van der Waals surface area contributed by atoms with Crippen molar-refractivity contribution >= 4 is 5.78 Å². The van der Waals surface area contributed by atoms with E-state index >= 15 is 0 Å². The second kappa shape index (κ2) is 5.47. The van der Waals surface area contributed by atoms with Gasteiger partial charge in [0.05, 0.1) is 0 Å². The maximum atomic E-state index is 12.5. The summed E-state index contributed by atoms with van der Waals surface area (Å²) in [5, 5.41) is 9.40. The molecule has 22 heavy (non-hydrogen) atoms. The third-order valence-corrected chi connectivity index (χ3v) is 7.90. The lowest BCUT2D eigenvalue weighted by molar-refractivity contribution is -0.128. The summed E-state index contributed by atoms with van der Waals surface area (Å²) in [6.07, 6.45) is 12.8. The molecule has 0 aromatic rings. The van der Waals surface area contributed by atoms with E-state index in [-0.39, 0.29) is 5.92 Å². The number of allylic oxidation sites excluding steroid dienone is 2. The summed E-state index contributed by atoms with van der Waals surface area (Å²) in [6.45, 7) is 2.84. The number of hydrogen-bond acceptors (Lipinski definition) is 2. The fraction of sp³-hybridized carbons (Fsp3) is 0.850. The molecule has 6 atom stereocenters. The molecule has 1 N–H and O–H groups in total. The van der Waals surface area contributed by atoms with Gasteiger partial charge >= 0.3 is 0 Å². The first-order valence-electron chi connectivity index (χ1n) is 9.47.